The summed E-state index contributed by atoms with van der Waals surface area (Å²) in [6, 6.07) is 9.66. The van der Waals surface area contributed by atoms with E-state index >= 15 is 0 Å². The summed E-state index contributed by atoms with van der Waals surface area (Å²) in [6.45, 7) is 7.62. The van der Waals surface area contributed by atoms with Crippen LogP contribution in [0.1, 0.15) is 58.6 Å². The molecule has 2 aliphatic rings. The smallest absolute Gasteiger partial charge is 0.234 e. The number of nitrogens with zero attached hydrogens (tertiary/aromatic N) is 1. The fourth-order valence-electron chi connectivity index (χ4n) is 5.33. The van der Waals surface area contributed by atoms with Gasteiger partial charge >= 0.3 is 0 Å². The van der Waals surface area contributed by atoms with Crippen LogP contribution in [0.15, 0.2) is 30.3 Å². The Bertz CT molecular complexity index is 730. The van der Waals surface area contributed by atoms with Crippen molar-refractivity contribution in [3.63, 3.8) is 0 Å². The third kappa shape index (κ3) is 2.83. The second-order valence-electron chi connectivity index (χ2n) is 8.99. The molecule has 1 N–H and O–H groups in total. The monoisotopic (exact) mass is 356 g/mol. The minimum Gasteiger partial charge on any atom is -0.349 e. The number of amides is 3. The Hall–Kier alpha value is -2.17. The Labute approximate surface area is 155 Å². The number of hydrogen-bond donors (Lipinski definition) is 1. The van der Waals surface area contributed by atoms with Gasteiger partial charge in [-0.05, 0) is 31.7 Å². The number of nitrogens with one attached hydrogen (secondary N) is 1. The highest BCUT2D eigenvalue weighted by atomic mass is 16.2. The predicted molar refractivity (Wildman–Crippen MR) is 98.9 cm³/mol. The Balaban J connectivity index is 1.87. The highest BCUT2D eigenvalue weighted by Crippen LogP contribution is 2.58. The number of benzene rings is 1. The van der Waals surface area contributed by atoms with Crippen molar-refractivity contribution in [1.82, 2.24) is 10.2 Å². The van der Waals surface area contributed by atoms with E-state index in [1.54, 1.807) is 7.05 Å². The van der Waals surface area contributed by atoms with Gasteiger partial charge in [-0.3, -0.25) is 19.3 Å². The van der Waals surface area contributed by atoms with Crippen LogP contribution in [0.5, 0.6) is 0 Å². The molecule has 1 saturated carbocycles. The Kier molecular flexibility index (Phi) is 4.25. The molecule has 5 heteroatoms. The number of piperidine rings is 1. The molecular formula is C21H28N2O3. The minimum absolute atomic E-state index is 0.0869. The van der Waals surface area contributed by atoms with E-state index in [1.165, 1.54) is 4.90 Å². The van der Waals surface area contributed by atoms with Gasteiger partial charge in [0.1, 0.15) is 0 Å². The zero-order valence-electron chi connectivity index (χ0n) is 16.3. The molecule has 0 spiro atoms. The van der Waals surface area contributed by atoms with Crippen molar-refractivity contribution in [2.45, 2.75) is 53.0 Å². The van der Waals surface area contributed by atoms with E-state index in [9.17, 15) is 14.4 Å². The second kappa shape index (κ2) is 5.93. The molecule has 1 heterocycles. The number of imide groups is 1. The molecule has 1 aliphatic carbocycles. The summed E-state index contributed by atoms with van der Waals surface area (Å²) in [4.78, 5) is 39.9. The van der Waals surface area contributed by atoms with Crippen molar-refractivity contribution < 1.29 is 14.4 Å². The fraction of sp³-hybridized carbons (Fsp3) is 0.571. The number of carbonyl (C=O) groups is 3. The van der Waals surface area contributed by atoms with E-state index in [-0.39, 0.29) is 23.8 Å². The molecule has 2 fully saturated rings. The number of likely N-dealkylation sites (tertiary alicyclic amines) is 1. The van der Waals surface area contributed by atoms with E-state index in [1.807, 2.05) is 58.0 Å². The molecule has 3 rings (SSSR count). The number of fused-ring (bicyclic) bond motifs is 2. The first kappa shape index (κ1) is 18.6. The first-order valence-corrected chi connectivity index (χ1v) is 9.19. The van der Waals surface area contributed by atoms with Crippen molar-refractivity contribution in [3.8, 4) is 0 Å². The van der Waals surface area contributed by atoms with Gasteiger partial charge in [-0.2, -0.15) is 0 Å². The quantitative estimate of drug-likeness (QED) is 0.847. The van der Waals surface area contributed by atoms with Crippen molar-refractivity contribution in [3.05, 3.63) is 35.9 Å². The van der Waals surface area contributed by atoms with Gasteiger partial charge in [0.25, 0.3) is 0 Å². The van der Waals surface area contributed by atoms with Crippen LogP contribution in [0.25, 0.3) is 0 Å². The van der Waals surface area contributed by atoms with Crippen LogP contribution in [0.3, 0.4) is 0 Å². The first-order valence-electron chi connectivity index (χ1n) is 9.19. The maximum absolute atomic E-state index is 13.2. The number of hydrogen-bond acceptors (Lipinski definition) is 3. The highest BCUT2D eigenvalue weighted by Gasteiger charge is 2.62. The van der Waals surface area contributed by atoms with Crippen LogP contribution < -0.4 is 5.32 Å². The SMILES string of the molecule is CC(NC(=O)C1(C)CC2(C)CC(C)(C1)C(=O)N(C)C2=O)c1ccccc1. The van der Waals surface area contributed by atoms with E-state index in [2.05, 4.69) is 5.32 Å². The molecule has 140 valence electrons. The highest BCUT2D eigenvalue weighted by molar-refractivity contribution is 6.04. The summed E-state index contributed by atoms with van der Waals surface area (Å²) in [5.41, 5.74) is -1.09. The van der Waals surface area contributed by atoms with Crippen molar-refractivity contribution in [1.29, 1.82) is 0 Å². The molecule has 3 atom stereocenters. The van der Waals surface area contributed by atoms with Crippen LogP contribution in [-0.2, 0) is 14.4 Å². The van der Waals surface area contributed by atoms with Gasteiger partial charge in [0.05, 0.1) is 6.04 Å². The van der Waals surface area contributed by atoms with Gasteiger partial charge in [-0.25, -0.2) is 0 Å². The molecule has 1 aromatic carbocycles. The summed E-state index contributed by atoms with van der Waals surface area (Å²) in [5.74, 6) is -0.430. The van der Waals surface area contributed by atoms with Crippen LogP contribution in [0.2, 0.25) is 0 Å². The van der Waals surface area contributed by atoms with Crippen molar-refractivity contribution in [2.75, 3.05) is 7.05 Å². The van der Waals surface area contributed by atoms with Crippen LogP contribution in [0, 0.1) is 16.2 Å². The van der Waals surface area contributed by atoms with E-state index in [4.69, 9.17) is 0 Å². The third-order valence-electron chi connectivity index (χ3n) is 6.18. The van der Waals surface area contributed by atoms with Gasteiger partial charge in [0.15, 0.2) is 0 Å². The predicted octanol–water partition coefficient (Wildman–Crippen LogP) is 3.07. The fourth-order valence-corrected chi connectivity index (χ4v) is 5.33. The zero-order valence-corrected chi connectivity index (χ0v) is 16.3. The number of rotatable bonds is 3. The third-order valence-corrected chi connectivity index (χ3v) is 6.18. The number of carbonyl (C=O) groups excluding carboxylic acids is 3. The van der Waals surface area contributed by atoms with Crippen LogP contribution in [-0.4, -0.2) is 29.7 Å². The summed E-state index contributed by atoms with van der Waals surface area (Å²) in [7, 11) is 1.56. The average Bonchev–Trinajstić information content (AvgIpc) is 2.58. The molecule has 3 unspecified atom stereocenters. The molecular weight excluding hydrogens is 328 g/mol. The normalized spacial score (nSPS) is 35.2. The van der Waals surface area contributed by atoms with Gasteiger partial charge in [-0.1, -0.05) is 51.1 Å². The lowest BCUT2D eigenvalue weighted by Gasteiger charge is -2.55. The Morgan fingerprint density at radius 1 is 1.00 bits per heavy atom. The lowest BCUT2D eigenvalue weighted by atomic mass is 9.51. The zero-order chi connectivity index (χ0) is 19.3. The lowest BCUT2D eigenvalue weighted by Crippen LogP contribution is -2.64. The summed E-state index contributed by atoms with van der Waals surface area (Å²) >= 11 is 0. The topological polar surface area (TPSA) is 66.5 Å². The summed E-state index contributed by atoms with van der Waals surface area (Å²) in [5, 5.41) is 3.10. The summed E-state index contributed by atoms with van der Waals surface area (Å²) < 4.78 is 0. The molecule has 1 aromatic rings. The van der Waals surface area contributed by atoms with Gasteiger partial charge in [0.2, 0.25) is 17.7 Å². The van der Waals surface area contributed by atoms with Gasteiger partial charge < -0.3 is 5.32 Å². The standard InChI is InChI=1S/C21H28N2O3/c1-14(15-9-7-6-8-10-15)22-16(24)19(2)11-20(3)13-21(4,12-19)18(26)23(5)17(20)25/h6-10,14H,11-13H2,1-5H3,(H,22,24). The lowest BCUT2D eigenvalue weighted by molar-refractivity contribution is -0.178. The molecule has 3 amide bonds. The molecule has 1 aliphatic heterocycles. The van der Waals surface area contributed by atoms with Gasteiger partial charge in [-0.15, -0.1) is 0 Å². The van der Waals surface area contributed by atoms with Crippen LogP contribution in [0.4, 0.5) is 0 Å². The molecule has 0 radical (unpaired) electrons. The Morgan fingerprint density at radius 2 is 1.50 bits per heavy atom. The molecule has 1 saturated heterocycles. The maximum Gasteiger partial charge on any atom is 0.234 e. The van der Waals surface area contributed by atoms with Crippen molar-refractivity contribution >= 4 is 17.7 Å². The van der Waals surface area contributed by atoms with Crippen LogP contribution >= 0.6 is 0 Å². The second-order valence-corrected chi connectivity index (χ2v) is 8.99. The summed E-state index contributed by atoms with van der Waals surface area (Å²) in [6.07, 6.45) is 1.43. The van der Waals surface area contributed by atoms with E-state index in [0.29, 0.717) is 19.3 Å². The molecule has 5 nitrogen and oxygen atoms in total. The first-order chi connectivity index (χ1) is 12.0. The molecule has 26 heavy (non-hydrogen) atoms. The van der Waals surface area contributed by atoms with E-state index in [0.717, 1.165) is 5.56 Å². The maximum atomic E-state index is 13.2. The molecule has 0 aromatic heterocycles. The largest absolute Gasteiger partial charge is 0.349 e. The minimum atomic E-state index is -0.753. The Morgan fingerprint density at radius 3 is 2.00 bits per heavy atom. The van der Waals surface area contributed by atoms with Gasteiger partial charge in [0, 0.05) is 23.3 Å². The van der Waals surface area contributed by atoms with E-state index < -0.39 is 16.2 Å². The molecule has 2 bridgehead atoms. The van der Waals surface area contributed by atoms with Crippen molar-refractivity contribution in [2.24, 2.45) is 16.2 Å². The average molecular weight is 356 g/mol.